The molecule has 0 aromatic carbocycles. The van der Waals surface area contributed by atoms with E-state index in [0.29, 0.717) is 0 Å². The molecule has 4 heteroatoms. The molecule has 1 aliphatic rings. The van der Waals surface area contributed by atoms with E-state index in [0.717, 1.165) is 26.1 Å². The molecule has 2 N–H and O–H groups in total. The molecule has 0 amide bonds. The van der Waals surface area contributed by atoms with Crippen LogP contribution in [0.3, 0.4) is 0 Å². The molecule has 1 rings (SSSR count). The zero-order chi connectivity index (χ0) is 9.90. The van der Waals surface area contributed by atoms with Gasteiger partial charge in [0.2, 0.25) is 0 Å². The first kappa shape index (κ1) is 10.9. The summed E-state index contributed by atoms with van der Waals surface area (Å²) >= 11 is 0. The predicted octanol–water partition coefficient (Wildman–Crippen LogP) is 0.0284. The summed E-state index contributed by atoms with van der Waals surface area (Å²) in [6.45, 7) is 4.77. The van der Waals surface area contributed by atoms with Gasteiger partial charge in [0.15, 0.2) is 5.79 Å². The van der Waals surface area contributed by atoms with Crippen LogP contribution in [0.5, 0.6) is 0 Å². The predicted molar refractivity (Wildman–Crippen MR) is 51.5 cm³/mol. The van der Waals surface area contributed by atoms with Crippen molar-refractivity contribution in [2.24, 2.45) is 5.73 Å². The third kappa shape index (κ3) is 2.64. The maximum Gasteiger partial charge on any atom is 0.193 e. The molecule has 13 heavy (non-hydrogen) atoms. The van der Waals surface area contributed by atoms with Crippen LogP contribution in [0.15, 0.2) is 0 Å². The van der Waals surface area contributed by atoms with Crippen LogP contribution in [0, 0.1) is 0 Å². The highest BCUT2D eigenvalue weighted by atomic mass is 16.7. The second-order valence-electron chi connectivity index (χ2n) is 3.80. The Balaban J connectivity index is 2.16. The molecule has 0 aliphatic carbocycles. The van der Waals surface area contributed by atoms with Gasteiger partial charge in [-0.05, 0) is 13.3 Å². The van der Waals surface area contributed by atoms with E-state index in [1.807, 2.05) is 6.92 Å². The summed E-state index contributed by atoms with van der Waals surface area (Å²) in [5.74, 6) is -0.349. The molecule has 4 nitrogen and oxygen atoms in total. The summed E-state index contributed by atoms with van der Waals surface area (Å²) < 4.78 is 10.5. The third-order valence-electron chi connectivity index (χ3n) is 2.57. The lowest BCUT2D eigenvalue weighted by Gasteiger charge is -2.47. The zero-order valence-electron chi connectivity index (χ0n) is 8.75. The Hall–Kier alpha value is -0.160. The van der Waals surface area contributed by atoms with E-state index in [4.69, 9.17) is 15.2 Å². The van der Waals surface area contributed by atoms with Crippen LogP contribution in [-0.2, 0) is 9.47 Å². The van der Waals surface area contributed by atoms with E-state index in [2.05, 4.69) is 4.90 Å². The Kier molecular flexibility index (Phi) is 3.67. The fraction of sp³-hybridized carbons (Fsp3) is 1.00. The van der Waals surface area contributed by atoms with Crippen LogP contribution >= 0.6 is 0 Å². The molecule has 1 saturated heterocycles. The monoisotopic (exact) mass is 188 g/mol. The molecule has 0 radical (unpaired) electrons. The lowest BCUT2D eigenvalue weighted by atomic mass is 10.1. The quantitative estimate of drug-likeness (QED) is 0.618. The smallest absolute Gasteiger partial charge is 0.193 e. The molecule has 0 bridgehead atoms. The minimum absolute atomic E-state index is 0.278. The molecule has 0 aromatic rings. The first-order chi connectivity index (χ1) is 6.12. The van der Waals surface area contributed by atoms with Gasteiger partial charge in [-0.3, -0.25) is 4.90 Å². The molecule has 1 heterocycles. The minimum atomic E-state index is -0.349. The molecule has 0 spiro atoms. The maximum atomic E-state index is 5.66. The highest BCUT2D eigenvalue weighted by Crippen LogP contribution is 2.24. The highest BCUT2D eigenvalue weighted by molar-refractivity contribution is 4.89. The van der Waals surface area contributed by atoms with Gasteiger partial charge in [-0.25, -0.2) is 0 Å². The number of ether oxygens (including phenoxy) is 2. The highest BCUT2D eigenvalue weighted by Gasteiger charge is 2.43. The van der Waals surface area contributed by atoms with Crippen molar-refractivity contribution < 1.29 is 9.47 Å². The summed E-state index contributed by atoms with van der Waals surface area (Å²) in [6.07, 6.45) is 1.03. The summed E-state index contributed by atoms with van der Waals surface area (Å²) in [6, 6.07) is 0.278. The number of hydrogen-bond donors (Lipinski definition) is 1. The zero-order valence-corrected chi connectivity index (χ0v) is 8.75. The third-order valence-corrected chi connectivity index (χ3v) is 2.57. The largest absolute Gasteiger partial charge is 0.351 e. The van der Waals surface area contributed by atoms with Gasteiger partial charge in [0.25, 0.3) is 0 Å². The normalized spacial score (nSPS) is 24.0. The van der Waals surface area contributed by atoms with Gasteiger partial charge in [0.1, 0.15) is 0 Å². The number of nitrogens with two attached hydrogens (primary N) is 1. The first-order valence-electron chi connectivity index (χ1n) is 4.70. The molecule has 1 unspecified atom stereocenters. The van der Waals surface area contributed by atoms with Gasteiger partial charge >= 0.3 is 0 Å². The van der Waals surface area contributed by atoms with Crippen LogP contribution in [0.25, 0.3) is 0 Å². The van der Waals surface area contributed by atoms with Gasteiger partial charge in [0.05, 0.1) is 13.1 Å². The van der Waals surface area contributed by atoms with Crippen LogP contribution < -0.4 is 5.73 Å². The van der Waals surface area contributed by atoms with Crippen molar-refractivity contribution in [3.63, 3.8) is 0 Å². The fourth-order valence-electron chi connectivity index (χ4n) is 1.52. The molecule has 0 saturated carbocycles. The standard InChI is InChI=1S/C9H20N2O2/c1-8(10)4-5-11-6-9(7-11,12-2)13-3/h8H,4-7,10H2,1-3H3. The van der Waals surface area contributed by atoms with E-state index in [1.54, 1.807) is 14.2 Å². The van der Waals surface area contributed by atoms with Gasteiger partial charge < -0.3 is 15.2 Å². The van der Waals surface area contributed by atoms with Gasteiger partial charge in [-0.1, -0.05) is 0 Å². The Bertz CT molecular complexity index is 150. The molecule has 1 aliphatic heterocycles. The number of methoxy groups -OCH3 is 2. The van der Waals surface area contributed by atoms with E-state index in [-0.39, 0.29) is 11.8 Å². The summed E-state index contributed by atoms with van der Waals surface area (Å²) in [5.41, 5.74) is 5.66. The minimum Gasteiger partial charge on any atom is -0.351 e. The average molecular weight is 188 g/mol. The van der Waals surface area contributed by atoms with E-state index in [9.17, 15) is 0 Å². The summed E-state index contributed by atoms with van der Waals surface area (Å²) in [7, 11) is 3.37. The Morgan fingerprint density at radius 3 is 2.31 bits per heavy atom. The fourth-order valence-corrected chi connectivity index (χ4v) is 1.52. The van der Waals surface area contributed by atoms with Gasteiger partial charge in [-0.2, -0.15) is 0 Å². The lowest BCUT2D eigenvalue weighted by Crippen LogP contribution is -2.64. The Morgan fingerprint density at radius 2 is 1.92 bits per heavy atom. The van der Waals surface area contributed by atoms with E-state index < -0.39 is 0 Å². The Labute approximate surface area is 80.0 Å². The summed E-state index contributed by atoms with van der Waals surface area (Å²) in [5, 5.41) is 0. The average Bonchev–Trinajstić information content (AvgIpc) is 2.03. The van der Waals surface area contributed by atoms with Gasteiger partial charge in [0, 0.05) is 26.8 Å². The van der Waals surface area contributed by atoms with Crippen LogP contribution in [0.4, 0.5) is 0 Å². The number of likely N-dealkylation sites (tertiary alicyclic amines) is 1. The van der Waals surface area contributed by atoms with Gasteiger partial charge in [-0.15, -0.1) is 0 Å². The summed E-state index contributed by atoms with van der Waals surface area (Å²) in [4.78, 5) is 2.29. The van der Waals surface area contributed by atoms with Crippen LogP contribution in [-0.4, -0.2) is 50.6 Å². The number of nitrogens with zero attached hydrogens (tertiary/aromatic N) is 1. The SMILES string of the molecule is COC1(OC)CN(CCC(C)N)C1. The topological polar surface area (TPSA) is 47.7 Å². The van der Waals surface area contributed by atoms with Crippen molar-refractivity contribution in [3.8, 4) is 0 Å². The van der Waals surface area contributed by atoms with Crippen molar-refractivity contribution in [2.45, 2.75) is 25.2 Å². The molecule has 0 aromatic heterocycles. The first-order valence-corrected chi connectivity index (χ1v) is 4.70. The van der Waals surface area contributed by atoms with E-state index in [1.165, 1.54) is 0 Å². The lowest BCUT2D eigenvalue weighted by molar-refractivity contribution is -0.275. The number of hydrogen-bond acceptors (Lipinski definition) is 4. The van der Waals surface area contributed by atoms with Crippen LogP contribution in [0.2, 0.25) is 0 Å². The molecular formula is C9H20N2O2. The van der Waals surface area contributed by atoms with Crippen LogP contribution in [0.1, 0.15) is 13.3 Å². The molecule has 1 fully saturated rings. The van der Waals surface area contributed by atoms with Crippen molar-refractivity contribution in [2.75, 3.05) is 33.9 Å². The Morgan fingerprint density at radius 1 is 1.38 bits per heavy atom. The molecular weight excluding hydrogens is 168 g/mol. The number of rotatable bonds is 5. The molecule has 1 atom stereocenters. The van der Waals surface area contributed by atoms with E-state index >= 15 is 0 Å². The van der Waals surface area contributed by atoms with Crippen molar-refractivity contribution in [1.82, 2.24) is 4.90 Å². The van der Waals surface area contributed by atoms with Crippen molar-refractivity contribution >= 4 is 0 Å². The van der Waals surface area contributed by atoms with Crippen molar-refractivity contribution in [1.29, 1.82) is 0 Å². The van der Waals surface area contributed by atoms with Crippen molar-refractivity contribution in [3.05, 3.63) is 0 Å². The second kappa shape index (κ2) is 4.37. The second-order valence-corrected chi connectivity index (χ2v) is 3.80. The maximum absolute atomic E-state index is 5.66. The molecule has 78 valence electrons.